The van der Waals surface area contributed by atoms with Gasteiger partial charge in [0, 0.05) is 19.8 Å². The van der Waals surface area contributed by atoms with Crippen LogP contribution in [0.1, 0.15) is 32.6 Å². The number of esters is 1. The minimum absolute atomic E-state index is 0.364. The third-order valence-electron chi connectivity index (χ3n) is 2.60. The molecule has 0 aliphatic heterocycles. The van der Waals surface area contributed by atoms with Crippen molar-refractivity contribution in [3.8, 4) is 0 Å². The van der Waals surface area contributed by atoms with Crippen LogP contribution in [-0.2, 0) is 19.1 Å². The van der Waals surface area contributed by atoms with Crippen molar-refractivity contribution >= 4 is 18.0 Å². The molecule has 1 atom stereocenters. The van der Waals surface area contributed by atoms with Gasteiger partial charge < -0.3 is 25.2 Å². The van der Waals surface area contributed by atoms with Crippen LogP contribution >= 0.6 is 0 Å². The van der Waals surface area contributed by atoms with Crippen molar-refractivity contribution in [2.24, 2.45) is 0 Å². The second-order valence-electron chi connectivity index (χ2n) is 4.39. The number of hydrogen-bond acceptors (Lipinski definition) is 5. The highest BCUT2D eigenvalue weighted by molar-refractivity contribution is 5.86. The van der Waals surface area contributed by atoms with Gasteiger partial charge in [-0.25, -0.2) is 9.59 Å². The van der Waals surface area contributed by atoms with Gasteiger partial charge in [-0.3, -0.25) is 4.79 Å². The van der Waals surface area contributed by atoms with Crippen LogP contribution in [0.4, 0.5) is 4.79 Å². The number of methoxy groups -OCH3 is 1. The molecule has 3 N–H and O–H groups in total. The summed E-state index contributed by atoms with van der Waals surface area (Å²) in [4.78, 5) is 33.4. The number of amides is 2. The molecule has 2 amide bonds. The molecule has 0 aromatic heterocycles. The SMILES string of the molecule is CCCCOCCCNC(=O)N[C@@H](CC(=O)OC)C(=O)O. The summed E-state index contributed by atoms with van der Waals surface area (Å²) in [7, 11) is 1.15. The first kappa shape index (κ1) is 19.2. The molecule has 0 heterocycles. The highest BCUT2D eigenvalue weighted by Gasteiger charge is 2.23. The van der Waals surface area contributed by atoms with Crippen molar-refractivity contribution in [3.63, 3.8) is 0 Å². The van der Waals surface area contributed by atoms with Crippen molar-refractivity contribution in [1.82, 2.24) is 10.6 Å². The van der Waals surface area contributed by atoms with Gasteiger partial charge in [0.1, 0.15) is 6.04 Å². The molecule has 0 aliphatic rings. The van der Waals surface area contributed by atoms with Crippen LogP contribution < -0.4 is 10.6 Å². The summed E-state index contributed by atoms with van der Waals surface area (Å²) < 4.78 is 9.68. The molecular weight excluding hydrogens is 280 g/mol. The molecule has 21 heavy (non-hydrogen) atoms. The standard InChI is InChI=1S/C13H24N2O6/c1-3-4-7-21-8-5-6-14-13(19)15-10(12(17)18)9-11(16)20-2/h10H,3-9H2,1-2H3,(H,17,18)(H2,14,15,19)/t10-/m0/s1. The zero-order valence-corrected chi connectivity index (χ0v) is 12.5. The van der Waals surface area contributed by atoms with Crippen LogP contribution in [0.3, 0.4) is 0 Å². The average Bonchev–Trinajstić information content (AvgIpc) is 2.45. The highest BCUT2D eigenvalue weighted by atomic mass is 16.5. The minimum Gasteiger partial charge on any atom is -0.480 e. The number of ether oxygens (including phenoxy) is 2. The molecule has 8 heteroatoms. The molecule has 0 aromatic carbocycles. The van der Waals surface area contributed by atoms with Gasteiger partial charge in [-0.05, 0) is 12.8 Å². The molecule has 0 fully saturated rings. The topological polar surface area (TPSA) is 114 Å². The lowest BCUT2D eigenvalue weighted by atomic mass is 10.2. The molecule has 0 saturated heterocycles. The van der Waals surface area contributed by atoms with Crippen LogP contribution in [0.15, 0.2) is 0 Å². The summed E-state index contributed by atoms with van der Waals surface area (Å²) in [6, 6.07) is -1.95. The number of carbonyl (C=O) groups is 3. The second-order valence-corrected chi connectivity index (χ2v) is 4.39. The number of hydrogen-bond donors (Lipinski definition) is 3. The summed E-state index contributed by atoms with van der Waals surface area (Å²) in [5.41, 5.74) is 0. The summed E-state index contributed by atoms with van der Waals surface area (Å²) in [5, 5.41) is 13.6. The summed E-state index contributed by atoms with van der Waals surface area (Å²) in [5.74, 6) is -1.99. The molecule has 0 bridgehead atoms. The van der Waals surface area contributed by atoms with E-state index >= 15 is 0 Å². The van der Waals surface area contributed by atoms with E-state index in [4.69, 9.17) is 9.84 Å². The van der Waals surface area contributed by atoms with E-state index in [-0.39, 0.29) is 0 Å². The smallest absolute Gasteiger partial charge is 0.326 e. The van der Waals surface area contributed by atoms with Gasteiger partial charge in [-0.15, -0.1) is 0 Å². The number of carbonyl (C=O) groups excluding carboxylic acids is 2. The fraction of sp³-hybridized carbons (Fsp3) is 0.769. The Morgan fingerprint density at radius 3 is 2.43 bits per heavy atom. The quantitative estimate of drug-likeness (QED) is 0.378. The molecule has 0 saturated carbocycles. The molecule has 0 unspecified atom stereocenters. The second kappa shape index (κ2) is 12.0. The van der Waals surface area contributed by atoms with Crippen LogP contribution in [-0.4, -0.2) is 56.0 Å². The van der Waals surface area contributed by atoms with Gasteiger partial charge in [-0.1, -0.05) is 13.3 Å². The minimum atomic E-state index is -1.31. The molecule has 0 radical (unpaired) electrons. The number of unbranched alkanes of at least 4 members (excludes halogenated alkanes) is 1. The lowest BCUT2D eigenvalue weighted by Crippen LogP contribution is -2.47. The Morgan fingerprint density at radius 1 is 1.19 bits per heavy atom. The third kappa shape index (κ3) is 10.6. The van der Waals surface area contributed by atoms with Crippen molar-refractivity contribution in [1.29, 1.82) is 0 Å². The summed E-state index contributed by atoms with van der Waals surface area (Å²) in [6.45, 7) is 3.67. The fourth-order valence-electron chi connectivity index (χ4n) is 1.38. The lowest BCUT2D eigenvalue weighted by Gasteiger charge is -2.14. The van der Waals surface area contributed by atoms with Crippen molar-refractivity contribution in [2.45, 2.75) is 38.6 Å². The Balaban J connectivity index is 3.83. The predicted octanol–water partition coefficient (Wildman–Crippen LogP) is 0.509. The summed E-state index contributed by atoms with van der Waals surface area (Å²) >= 11 is 0. The van der Waals surface area contributed by atoms with Gasteiger partial charge in [0.25, 0.3) is 0 Å². The number of nitrogens with one attached hydrogen (secondary N) is 2. The Kier molecular flexibility index (Phi) is 10.9. The maximum atomic E-state index is 11.5. The lowest BCUT2D eigenvalue weighted by molar-refractivity contribution is -0.147. The van der Waals surface area contributed by atoms with Crippen LogP contribution in [0.2, 0.25) is 0 Å². The van der Waals surface area contributed by atoms with E-state index in [0.29, 0.717) is 26.2 Å². The van der Waals surface area contributed by atoms with E-state index in [1.807, 2.05) is 0 Å². The average molecular weight is 304 g/mol. The van der Waals surface area contributed by atoms with E-state index < -0.39 is 30.4 Å². The Labute approximate surface area is 124 Å². The Bertz CT molecular complexity index is 335. The number of rotatable bonds is 11. The van der Waals surface area contributed by atoms with Gasteiger partial charge in [0.15, 0.2) is 0 Å². The maximum Gasteiger partial charge on any atom is 0.326 e. The van der Waals surface area contributed by atoms with Crippen LogP contribution in [0.5, 0.6) is 0 Å². The van der Waals surface area contributed by atoms with E-state index in [1.165, 1.54) is 0 Å². The largest absolute Gasteiger partial charge is 0.480 e. The number of carboxylic acid groups (broad SMARTS) is 1. The Hall–Kier alpha value is -1.83. The zero-order valence-electron chi connectivity index (χ0n) is 12.5. The van der Waals surface area contributed by atoms with Gasteiger partial charge in [-0.2, -0.15) is 0 Å². The molecule has 0 rings (SSSR count). The van der Waals surface area contributed by atoms with Crippen molar-refractivity contribution < 1.29 is 29.0 Å². The monoisotopic (exact) mass is 304 g/mol. The van der Waals surface area contributed by atoms with Crippen LogP contribution in [0.25, 0.3) is 0 Å². The van der Waals surface area contributed by atoms with E-state index in [0.717, 1.165) is 20.0 Å². The van der Waals surface area contributed by atoms with Gasteiger partial charge in [0.05, 0.1) is 13.5 Å². The van der Waals surface area contributed by atoms with E-state index in [2.05, 4.69) is 22.3 Å². The summed E-state index contributed by atoms with van der Waals surface area (Å²) in [6.07, 6.45) is 2.28. The predicted molar refractivity (Wildman–Crippen MR) is 74.9 cm³/mol. The first-order chi connectivity index (χ1) is 10.0. The zero-order chi connectivity index (χ0) is 16.1. The molecule has 122 valence electrons. The maximum absolute atomic E-state index is 11.5. The molecule has 8 nitrogen and oxygen atoms in total. The fourth-order valence-corrected chi connectivity index (χ4v) is 1.38. The van der Waals surface area contributed by atoms with Crippen molar-refractivity contribution in [2.75, 3.05) is 26.9 Å². The molecule has 0 spiro atoms. The van der Waals surface area contributed by atoms with Gasteiger partial charge >= 0.3 is 18.0 Å². The molecule has 0 aromatic rings. The third-order valence-corrected chi connectivity index (χ3v) is 2.60. The van der Waals surface area contributed by atoms with Crippen LogP contribution in [0, 0.1) is 0 Å². The van der Waals surface area contributed by atoms with E-state index in [9.17, 15) is 14.4 Å². The molecule has 0 aliphatic carbocycles. The number of urea groups is 1. The first-order valence-corrected chi connectivity index (χ1v) is 6.93. The number of carboxylic acids is 1. The Morgan fingerprint density at radius 2 is 1.86 bits per heavy atom. The van der Waals surface area contributed by atoms with Crippen molar-refractivity contribution in [3.05, 3.63) is 0 Å². The molecular formula is C13H24N2O6. The van der Waals surface area contributed by atoms with Gasteiger partial charge in [0.2, 0.25) is 0 Å². The highest BCUT2D eigenvalue weighted by Crippen LogP contribution is 1.95. The number of aliphatic carboxylic acids is 1. The first-order valence-electron chi connectivity index (χ1n) is 6.93. The normalized spacial score (nSPS) is 11.5. The van der Waals surface area contributed by atoms with E-state index in [1.54, 1.807) is 0 Å².